The Kier molecular flexibility index (Phi) is 10.9. The van der Waals surface area contributed by atoms with Gasteiger partial charge in [-0.3, -0.25) is 14.4 Å². The second-order valence-electron chi connectivity index (χ2n) is 9.35. The van der Waals surface area contributed by atoms with Gasteiger partial charge in [0.15, 0.2) is 0 Å². The first-order valence-electron chi connectivity index (χ1n) is 13.1. The van der Waals surface area contributed by atoms with Crippen molar-refractivity contribution in [3.8, 4) is 12.3 Å². The summed E-state index contributed by atoms with van der Waals surface area (Å²) in [4.78, 5) is 54.5. The summed E-state index contributed by atoms with van der Waals surface area (Å²) in [5, 5.41) is 15.1. The molecule has 0 aliphatic carbocycles. The number of hydrogen-bond acceptors (Lipinski definition) is 6. The number of carbonyl (C=O) groups is 4. The second kappa shape index (κ2) is 14.4. The van der Waals surface area contributed by atoms with Gasteiger partial charge in [-0.05, 0) is 24.8 Å². The minimum Gasteiger partial charge on any atom is -0.481 e. The number of ether oxygens (including phenoxy) is 1. The molecule has 1 aromatic carbocycles. The number of terminal acetylenes is 1. The van der Waals surface area contributed by atoms with Crippen molar-refractivity contribution < 1.29 is 29.0 Å². The molecule has 0 saturated carbocycles. The van der Waals surface area contributed by atoms with Gasteiger partial charge in [-0.2, -0.15) is 5.01 Å². The molecule has 1 aromatic rings. The zero-order valence-electron chi connectivity index (χ0n) is 21.9. The lowest BCUT2D eigenvalue weighted by Crippen LogP contribution is -2.76. The Morgan fingerprint density at radius 3 is 2.61 bits per heavy atom. The van der Waals surface area contributed by atoms with Crippen molar-refractivity contribution in [1.29, 1.82) is 0 Å². The van der Waals surface area contributed by atoms with E-state index in [0.29, 0.717) is 26.2 Å². The number of carbonyl (C=O) groups excluding carboxylic acids is 3. The zero-order chi connectivity index (χ0) is 27.5. The molecule has 2 aliphatic heterocycles. The minimum absolute atomic E-state index is 0.0217. The number of aliphatic carboxylic acids is 1. The van der Waals surface area contributed by atoms with Crippen LogP contribution in [-0.4, -0.2) is 100 Å². The molecular weight excluding hydrogens is 490 g/mol. The van der Waals surface area contributed by atoms with E-state index in [2.05, 4.69) is 18.2 Å². The predicted octanol–water partition coefficient (Wildman–Crippen LogP) is 1.50. The van der Waals surface area contributed by atoms with E-state index in [9.17, 15) is 24.3 Å². The Morgan fingerprint density at radius 1 is 1.18 bits per heavy atom. The second-order valence-corrected chi connectivity index (χ2v) is 9.35. The molecule has 0 bridgehead atoms. The smallest absolute Gasteiger partial charge is 0.334 e. The van der Waals surface area contributed by atoms with Gasteiger partial charge in [-0.1, -0.05) is 49.6 Å². The van der Waals surface area contributed by atoms with Crippen LogP contribution in [0.1, 0.15) is 44.6 Å². The third kappa shape index (κ3) is 7.46. The van der Waals surface area contributed by atoms with Crippen LogP contribution in [0.25, 0.3) is 0 Å². The highest BCUT2D eigenvalue weighted by Gasteiger charge is 2.51. The van der Waals surface area contributed by atoms with Crippen molar-refractivity contribution in [1.82, 2.24) is 25.1 Å². The van der Waals surface area contributed by atoms with Crippen LogP contribution in [-0.2, 0) is 25.7 Å². The molecule has 11 heteroatoms. The molecule has 2 saturated heterocycles. The molecule has 11 nitrogen and oxygen atoms in total. The highest BCUT2D eigenvalue weighted by Crippen LogP contribution is 2.28. The number of unbranched alkanes of at least 4 members (excludes halogenated alkanes) is 1. The highest BCUT2D eigenvalue weighted by atomic mass is 16.5. The maximum absolute atomic E-state index is 13.5. The maximum Gasteiger partial charge on any atom is 0.334 e. The molecule has 0 aromatic heterocycles. The molecule has 3 rings (SSSR count). The molecule has 38 heavy (non-hydrogen) atoms. The molecule has 2 aliphatic rings. The van der Waals surface area contributed by atoms with Gasteiger partial charge >= 0.3 is 12.0 Å². The molecule has 4 amide bonds. The van der Waals surface area contributed by atoms with Crippen LogP contribution >= 0.6 is 0 Å². The van der Waals surface area contributed by atoms with E-state index < -0.39 is 24.2 Å². The molecule has 2 heterocycles. The number of hydrogen-bond donors (Lipinski definition) is 2. The van der Waals surface area contributed by atoms with Crippen molar-refractivity contribution in [3.63, 3.8) is 0 Å². The summed E-state index contributed by atoms with van der Waals surface area (Å²) < 4.78 is 5.63. The fourth-order valence-electron chi connectivity index (χ4n) is 4.74. The number of carboxylic acids is 1. The fraction of sp³-hybridized carbons (Fsp3) is 0.556. The van der Waals surface area contributed by atoms with Crippen molar-refractivity contribution >= 4 is 23.8 Å². The predicted molar refractivity (Wildman–Crippen MR) is 139 cm³/mol. The van der Waals surface area contributed by atoms with Crippen LogP contribution in [0.5, 0.6) is 0 Å². The molecule has 0 radical (unpaired) electrons. The Hall–Kier alpha value is -3.62. The first-order valence-corrected chi connectivity index (χ1v) is 13.1. The number of fused-ring (bicyclic) bond motifs is 1. The number of urea groups is 1. The fourth-order valence-corrected chi connectivity index (χ4v) is 4.74. The van der Waals surface area contributed by atoms with Gasteiger partial charge in [0.05, 0.1) is 19.6 Å². The normalized spacial score (nSPS) is 19.7. The largest absolute Gasteiger partial charge is 0.481 e. The van der Waals surface area contributed by atoms with Crippen LogP contribution in [0.3, 0.4) is 0 Å². The molecule has 0 unspecified atom stereocenters. The van der Waals surface area contributed by atoms with E-state index in [1.165, 1.54) is 14.9 Å². The number of amides is 4. The third-order valence-electron chi connectivity index (χ3n) is 6.59. The van der Waals surface area contributed by atoms with Crippen LogP contribution in [0.4, 0.5) is 4.79 Å². The van der Waals surface area contributed by atoms with Gasteiger partial charge in [0.1, 0.15) is 12.2 Å². The van der Waals surface area contributed by atoms with Crippen molar-refractivity contribution in [2.75, 3.05) is 39.4 Å². The van der Waals surface area contributed by atoms with Gasteiger partial charge < -0.3 is 25.0 Å². The van der Waals surface area contributed by atoms with E-state index >= 15 is 0 Å². The number of nitrogens with one attached hydrogen (secondary N) is 1. The quantitative estimate of drug-likeness (QED) is 0.294. The minimum atomic E-state index is -1.06. The van der Waals surface area contributed by atoms with Gasteiger partial charge in [-0.15, -0.1) is 6.42 Å². The van der Waals surface area contributed by atoms with Gasteiger partial charge in [0.25, 0.3) is 0 Å². The van der Waals surface area contributed by atoms with E-state index in [-0.39, 0.29) is 50.8 Å². The molecular formula is C27H37N5O6. The lowest BCUT2D eigenvalue weighted by atomic mass is 10.0. The van der Waals surface area contributed by atoms with Gasteiger partial charge in [-0.25, -0.2) is 9.80 Å². The van der Waals surface area contributed by atoms with E-state index in [1.807, 2.05) is 30.3 Å². The molecule has 2 N–H and O–H groups in total. The summed E-state index contributed by atoms with van der Waals surface area (Å²) in [6.45, 7) is 3.74. The first-order chi connectivity index (χ1) is 18.4. The monoisotopic (exact) mass is 527 g/mol. The summed E-state index contributed by atoms with van der Waals surface area (Å²) in [6.07, 6.45) is 6.96. The van der Waals surface area contributed by atoms with E-state index in [1.54, 1.807) is 4.90 Å². The average molecular weight is 528 g/mol. The molecule has 2 fully saturated rings. The number of nitrogens with zero attached hydrogens (tertiary/aromatic N) is 4. The average Bonchev–Trinajstić information content (AvgIpc) is 2.90. The number of carboxylic acid groups (broad SMARTS) is 1. The number of hydrazine groups is 1. The van der Waals surface area contributed by atoms with Crippen LogP contribution in [0, 0.1) is 12.3 Å². The molecule has 2 atom stereocenters. The lowest BCUT2D eigenvalue weighted by Gasteiger charge is -2.54. The zero-order valence-corrected chi connectivity index (χ0v) is 21.9. The van der Waals surface area contributed by atoms with Crippen LogP contribution < -0.4 is 5.32 Å². The third-order valence-corrected chi connectivity index (χ3v) is 6.59. The van der Waals surface area contributed by atoms with E-state index in [0.717, 1.165) is 18.4 Å². The number of benzene rings is 1. The Balaban J connectivity index is 1.83. The van der Waals surface area contributed by atoms with Gasteiger partial charge in [0, 0.05) is 32.7 Å². The van der Waals surface area contributed by atoms with Crippen LogP contribution in [0.2, 0.25) is 0 Å². The van der Waals surface area contributed by atoms with E-state index in [4.69, 9.17) is 11.2 Å². The van der Waals surface area contributed by atoms with Gasteiger partial charge in [0.2, 0.25) is 11.8 Å². The Labute approximate surface area is 223 Å². The van der Waals surface area contributed by atoms with Crippen molar-refractivity contribution in [2.24, 2.45) is 0 Å². The SMILES string of the molecule is C#CCN1CC(=O)N2[C@@H](CCC(=O)O)C(=O)N(CCCOCCCC)C[C@@H]2N1C(=O)NCc1ccccc1. The summed E-state index contributed by atoms with van der Waals surface area (Å²) in [5.41, 5.74) is 0.900. The highest BCUT2D eigenvalue weighted by molar-refractivity contribution is 5.91. The number of piperazine rings is 1. The lowest BCUT2D eigenvalue weighted by molar-refractivity contribution is -0.189. The van der Waals surface area contributed by atoms with Crippen LogP contribution in [0.15, 0.2) is 30.3 Å². The molecule has 206 valence electrons. The maximum atomic E-state index is 13.5. The topological polar surface area (TPSA) is 123 Å². The summed E-state index contributed by atoms with van der Waals surface area (Å²) >= 11 is 0. The summed E-state index contributed by atoms with van der Waals surface area (Å²) in [6, 6.07) is 7.95. The summed E-state index contributed by atoms with van der Waals surface area (Å²) in [7, 11) is 0. The first kappa shape index (κ1) is 28.9. The Morgan fingerprint density at radius 2 is 1.92 bits per heavy atom. The standard InChI is InChI=1S/C27H37N5O6/c1-3-5-16-38-17-9-15-29-19-23-31(22(26(29)36)12-13-25(34)35)24(33)20-30(14-4-2)32(23)27(37)28-18-21-10-7-6-8-11-21/h2,6-8,10-11,22-23H,3,5,9,12-20H2,1H3,(H,28,37)(H,34,35)/t22-,23-/m0/s1. The Bertz CT molecular complexity index is 1010. The number of rotatable bonds is 13. The summed E-state index contributed by atoms with van der Waals surface area (Å²) in [5.74, 6) is 0.746. The molecule has 0 spiro atoms. The van der Waals surface area contributed by atoms with Crippen molar-refractivity contribution in [3.05, 3.63) is 35.9 Å². The van der Waals surface area contributed by atoms with Crippen molar-refractivity contribution in [2.45, 2.75) is 57.8 Å².